The molecular formula is C51H36N4S. The van der Waals surface area contributed by atoms with E-state index in [1.165, 1.54) is 64.7 Å². The maximum atomic E-state index is 5.39. The lowest BCUT2D eigenvalue weighted by molar-refractivity contribution is 0.762. The minimum atomic E-state index is -0.439. The van der Waals surface area contributed by atoms with Gasteiger partial charge in [-0.15, -0.1) is 11.3 Å². The van der Waals surface area contributed by atoms with Crippen LogP contribution >= 0.6 is 11.3 Å². The van der Waals surface area contributed by atoms with Crippen molar-refractivity contribution in [1.82, 2.24) is 9.88 Å². The normalized spacial score (nSPS) is 15.1. The molecule has 266 valence electrons. The molecule has 1 aliphatic carbocycles. The van der Waals surface area contributed by atoms with Gasteiger partial charge in [0.25, 0.3) is 0 Å². The Morgan fingerprint density at radius 3 is 1.82 bits per heavy atom. The molecule has 7 aromatic carbocycles. The van der Waals surface area contributed by atoms with E-state index < -0.39 is 6.17 Å². The molecule has 0 saturated carbocycles. The molecule has 0 spiro atoms. The quantitative estimate of drug-likeness (QED) is 0.181. The topological polar surface area (TPSA) is 41.7 Å². The van der Waals surface area contributed by atoms with Crippen molar-refractivity contribution in [1.29, 1.82) is 0 Å². The number of aromatic nitrogens is 1. The molecule has 11 rings (SSSR count). The summed E-state index contributed by atoms with van der Waals surface area (Å²) in [6.45, 7) is 0. The van der Waals surface area contributed by atoms with Crippen LogP contribution in [0, 0.1) is 0 Å². The second kappa shape index (κ2) is 13.5. The van der Waals surface area contributed by atoms with Crippen LogP contribution in [0.4, 0.5) is 0 Å². The molecule has 1 aliphatic heterocycles. The Morgan fingerprint density at radius 1 is 0.536 bits per heavy atom. The van der Waals surface area contributed by atoms with Crippen LogP contribution in [-0.2, 0) is 6.42 Å². The van der Waals surface area contributed by atoms with Crippen molar-refractivity contribution < 1.29 is 0 Å². The van der Waals surface area contributed by atoms with Gasteiger partial charge in [-0.05, 0) is 53.3 Å². The molecule has 0 fully saturated rings. The SMILES string of the molecule is C1=Cc2c(n(-c3cccc4c3sc3ccccc34)c3cccc(C4N=C(c5ccccc5)NC(c5ccc(-c6ccc(-c7ccccc7)cc6)cc5)=N4)c23)CC1. The molecule has 56 heavy (non-hydrogen) atoms. The monoisotopic (exact) mass is 736 g/mol. The van der Waals surface area contributed by atoms with Crippen molar-refractivity contribution in [2.24, 2.45) is 9.98 Å². The highest BCUT2D eigenvalue weighted by Gasteiger charge is 2.27. The molecule has 0 saturated heterocycles. The Hall–Kier alpha value is -6.82. The third-order valence-electron chi connectivity index (χ3n) is 11.2. The highest BCUT2D eigenvalue weighted by atomic mass is 32.1. The second-order valence-electron chi connectivity index (χ2n) is 14.5. The minimum absolute atomic E-state index is 0.439. The van der Waals surface area contributed by atoms with Gasteiger partial charge in [0.15, 0.2) is 6.17 Å². The average molecular weight is 737 g/mol. The first kappa shape index (κ1) is 32.6. The third-order valence-corrected chi connectivity index (χ3v) is 12.4. The van der Waals surface area contributed by atoms with Crippen LogP contribution in [0.2, 0.25) is 0 Å². The Labute approximate surface area is 329 Å². The van der Waals surface area contributed by atoms with Crippen LogP contribution in [0.5, 0.6) is 0 Å². The summed E-state index contributed by atoms with van der Waals surface area (Å²) in [5.74, 6) is 1.63. The van der Waals surface area contributed by atoms with Gasteiger partial charge >= 0.3 is 0 Å². The van der Waals surface area contributed by atoms with E-state index in [0.717, 1.165) is 46.8 Å². The first-order chi connectivity index (χ1) is 27.8. The minimum Gasteiger partial charge on any atom is -0.324 e. The molecule has 1 N–H and O–H groups in total. The maximum absolute atomic E-state index is 5.39. The van der Waals surface area contributed by atoms with Gasteiger partial charge in [-0.2, -0.15) is 0 Å². The number of rotatable bonds is 6. The predicted molar refractivity (Wildman–Crippen MR) is 236 cm³/mol. The van der Waals surface area contributed by atoms with E-state index in [4.69, 9.17) is 9.98 Å². The molecule has 0 bridgehead atoms. The first-order valence-electron chi connectivity index (χ1n) is 19.2. The highest BCUT2D eigenvalue weighted by Crippen LogP contribution is 2.43. The molecule has 1 unspecified atom stereocenters. The summed E-state index contributed by atoms with van der Waals surface area (Å²) in [6.07, 6.45) is 6.19. The first-order valence-corrected chi connectivity index (χ1v) is 20.1. The van der Waals surface area contributed by atoms with Crippen molar-refractivity contribution in [3.8, 4) is 27.9 Å². The van der Waals surface area contributed by atoms with Gasteiger partial charge < -0.3 is 9.88 Å². The number of nitrogens with zero attached hydrogens (tertiary/aromatic N) is 3. The van der Waals surface area contributed by atoms with E-state index in [-0.39, 0.29) is 0 Å². The number of amidine groups is 2. The molecular weight excluding hydrogens is 701 g/mol. The van der Waals surface area contributed by atoms with Crippen LogP contribution in [0.25, 0.3) is 65.1 Å². The summed E-state index contributed by atoms with van der Waals surface area (Å²) in [6, 6.07) is 60.6. The standard InChI is InChI=1S/C51H36N4S/c1-3-13-33(14-4-1)34-25-27-35(28-26-34)36-29-31-38(32-30-36)50-52-49(37-15-5-2-6-16-37)53-51(54-50)42-20-12-22-44-47(42)41-18-7-9-21-43(41)55(44)45-23-11-19-40-39-17-8-10-24-46(39)56-48(40)45/h1-8,10-20,22-32,51H,9,21H2,(H,52,53,54). The van der Waals surface area contributed by atoms with Crippen molar-refractivity contribution in [3.05, 3.63) is 204 Å². The molecule has 2 aromatic heterocycles. The smallest absolute Gasteiger partial charge is 0.170 e. The van der Waals surface area contributed by atoms with Crippen LogP contribution in [-0.4, -0.2) is 16.2 Å². The van der Waals surface area contributed by atoms with E-state index in [2.05, 4.69) is 186 Å². The van der Waals surface area contributed by atoms with Crippen LogP contribution in [0.3, 0.4) is 0 Å². The summed E-state index contributed by atoms with van der Waals surface area (Å²) in [7, 11) is 0. The zero-order chi connectivity index (χ0) is 37.0. The fourth-order valence-electron chi connectivity index (χ4n) is 8.48. The van der Waals surface area contributed by atoms with Crippen LogP contribution < -0.4 is 5.32 Å². The molecule has 5 heteroatoms. The Balaban J connectivity index is 1.03. The number of allylic oxidation sites excluding steroid dienone is 1. The number of nitrogens with one attached hydrogen (secondary N) is 1. The van der Waals surface area contributed by atoms with Gasteiger partial charge in [-0.25, -0.2) is 9.98 Å². The highest BCUT2D eigenvalue weighted by molar-refractivity contribution is 7.26. The lowest BCUT2D eigenvalue weighted by Gasteiger charge is -2.23. The van der Waals surface area contributed by atoms with E-state index >= 15 is 0 Å². The Kier molecular flexibility index (Phi) is 7.85. The van der Waals surface area contributed by atoms with Gasteiger partial charge in [0.2, 0.25) is 0 Å². The molecule has 0 radical (unpaired) electrons. The fraction of sp³-hybridized carbons (Fsp3) is 0.0588. The zero-order valence-corrected chi connectivity index (χ0v) is 31.4. The van der Waals surface area contributed by atoms with Gasteiger partial charge in [0, 0.05) is 48.8 Å². The van der Waals surface area contributed by atoms with Crippen molar-refractivity contribution in [2.75, 3.05) is 0 Å². The van der Waals surface area contributed by atoms with Gasteiger partial charge in [-0.1, -0.05) is 164 Å². The van der Waals surface area contributed by atoms with Gasteiger partial charge in [0.1, 0.15) is 11.7 Å². The molecule has 3 heterocycles. The Morgan fingerprint density at radius 2 is 1.11 bits per heavy atom. The fourth-order valence-corrected chi connectivity index (χ4v) is 9.68. The number of benzene rings is 7. The predicted octanol–water partition coefficient (Wildman–Crippen LogP) is 12.8. The second-order valence-corrected chi connectivity index (χ2v) is 15.5. The van der Waals surface area contributed by atoms with Gasteiger partial charge in [-0.3, -0.25) is 0 Å². The lowest BCUT2D eigenvalue weighted by atomic mass is 9.97. The van der Waals surface area contributed by atoms with Gasteiger partial charge in [0.05, 0.1) is 15.9 Å². The number of aliphatic imine (C=N–C) groups is 2. The number of fused-ring (bicyclic) bond motifs is 6. The summed E-state index contributed by atoms with van der Waals surface area (Å²) >= 11 is 1.88. The molecule has 1 atom stereocenters. The summed E-state index contributed by atoms with van der Waals surface area (Å²) in [4.78, 5) is 10.7. The number of hydrogen-bond donors (Lipinski definition) is 1. The number of thiophene rings is 1. The molecule has 4 nitrogen and oxygen atoms in total. The average Bonchev–Trinajstić information content (AvgIpc) is 3.83. The van der Waals surface area contributed by atoms with Crippen molar-refractivity contribution in [3.63, 3.8) is 0 Å². The lowest BCUT2D eigenvalue weighted by Crippen LogP contribution is -2.36. The van der Waals surface area contributed by atoms with E-state index in [1.54, 1.807) is 0 Å². The molecule has 2 aliphatic rings. The van der Waals surface area contributed by atoms with E-state index in [1.807, 2.05) is 17.4 Å². The maximum Gasteiger partial charge on any atom is 0.170 e. The van der Waals surface area contributed by atoms with Crippen LogP contribution in [0.1, 0.15) is 40.5 Å². The third kappa shape index (κ3) is 5.51. The largest absolute Gasteiger partial charge is 0.324 e. The Bertz CT molecular complexity index is 3020. The summed E-state index contributed by atoms with van der Waals surface area (Å²) < 4.78 is 5.15. The summed E-state index contributed by atoms with van der Waals surface area (Å²) in [5.41, 5.74) is 13.0. The van der Waals surface area contributed by atoms with Crippen molar-refractivity contribution >= 4 is 60.2 Å². The van der Waals surface area contributed by atoms with E-state index in [9.17, 15) is 0 Å². The van der Waals surface area contributed by atoms with Crippen molar-refractivity contribution in [2.45, 2.75) is 19.0 Å². The molecule has 9 aromatic rings. The van der Waals surface area contributed by atoms with Crippen LogP contribution in [0.15, 0.2) is 186 Å². The van der Waals surface area contributed by atoms with E-state index in [0.29, 0.717) is 0 Å². The zero-order valence-electron chi connectivity index (χ0n) is 30.6. The summed E-state index contributed by atoms with van der Waals surface area (Å²) in [5, 5.41) is 7.47. The molecule has 0 amide bonds. The number of hydrogen-bond acceptors (Lipinski definition) is 4.